The van der Waals surface area contributed by atoms with E-state index in [4.69, 9.17) is 9.84 Å². The van der Waals surface area contributed by atoms with Crippen LogP contribution in [0.25, 0.3) is 0 Å². The van der Waals surface area contributed by atoms with Gasteiger partial charge in [-0.25, -0.2) is 9.59 Å². The van der Waals surface area contributed by atoms with Crippen molar-refractivity contribution >= 4 is 61.5 Å². The van der Waals surface area contributed by atoms with Crippen molar-refractivity contribution in [1.82, 2.24) is 24.5 Å². The van der Waals surface area contributed by atoms with E-state index < -0.39 is 18.2 Å². The number of ether oxygens (including phenoxy) is 1. The molecule has 0 spiro atoms. The van der Waals surface area contributed by atoms with E-state index in [1.165, 1.54) is 0 Å². The Morgan fingerprint density at radius 1 is 0.860 bits per heavy atom. The first-order valence-electron chi connectivity index (χ1n) is 17.3. The Morgan fingerprint density at radius 3 is 2.16 bits per heavy atom. The van der Waals surface area contributed by atoms with E-state index in [2.05, 4.69) is 42.1 Å². The van der Waals surface area contributed by atoms with Gasteiger partial charge in [0.2, 0.25) is 0 Å². The second kappa shape index (κ2) is 16.3. The number of anilines is 1. The summed E-state index contributed by atoms with van der Waals surface area (Å²) in [4.78, 5) is 61.4. The quantitative estimate of drug-likeness (QED) is 0.357. The molecule has 2 aromatic rings. The lowest BCUT2D eigenvalue weighted by atomic mass is 10.0. The van der Waals surface area contributed by atoms with Gasteiger partial charge >= 0.3 is 18.1 Å². The molecule has 3 fully saturated rings. The number of hydrogen-bond acceptors (Lipinski definition) is 8. The van der Waals surface area contributed by atoms with Gasteiger partial charge in [0, 0.05) is 83.1 Å². The van der Waals surface area contributed by atoms with E-state index in [1.54, 1.807) is 21.9 Å². The standard InChI is InChI=1S/C35H44Br2N6O7/c36-27-19-23(20-28(37)32(27)46)21-30(33(47)41-17-15-40(16-18-41)25-6-10-39(11-7-25)22-31(44)45)50-35(49)42-12-8-26(9-13-42)43-14-5-24-3-1-2-4-29(24)38-34(43)48/h1-4,19-20,25-26,30,46H,5-18,21-22H2,(H,38,48)(H,44,45)/t30-/m1/s1. The van der Waals surface area contributed by atoms with Crippen molar-refractivity contribution in [1.29, 1.82) is 0 Å². The second-order valence-electron chi connectivity index (χ2n) is 13.5. The van der Waals surface area contributed by atoms with Crippen LogP contribution in [0.4, 0.5) is 15.3 Å². The number of aromatic hydroxyl groups is 1. The highest BCUT2D eigenvalue weighted by Crippen LogP contribution is 2.34. The molecule has 0 aliphatic carbocycles. The number of piperidine rings is 2. The number of carboxylic acids is 1. The van der Waals surface area contributed by atoms with Crippen molar-refractivity contribution in [2.75, 3.05) is 70.8 Å². The van der Waals surface area contributed by atoms with Crippen LogP contribution in [0.2, 0.25) is 0 Å². The molecular formula is C35H44Br2N6O7. The normalized spacial score (nSPS) is 20.5. The second-order valence-corrected chi connectivity index (χ2v) is 15.2. The summed E-state index contributed by atoms with van der Waals surface area (Å²) in [6.45, 7) is 5.32. The van der Waals surface area contributed by atoms with E-state index in [0.717, 1.165) is 43.6 Å². The minimum atomic E-state index is -1.07. The number of urea groups is 1. The third kappa shape index (κ3) is 8.72. The number of halogens is 2. The van der Waals surface area contributed by atoms with Gasteiger partial charge in [-0.2, -0.15) is 0 Å². The molecule has 3 N–H and O–H groups in total. The van der Waals surface area contributed by atoms with Crippen LogP contribution in [0, 0.1) is 0 Å². The lowest BCUT2D eigenvalue weighted by molar-refractivity contribution is -0.143. The predicted octanol–water partition coefficient (Wildman–Crippen LogP) is 4.21. The lowest BCUT2D eigenvalue weighted by Crippen LogP contribution is -2.56. The topological polar surface area (TPSA) is 146 Å². The van der Waals surface area contributed by atoms with Gasteiger partial charge < -0.3 is 35.0 Å². The number of para-hydroxylation sites is 1. The SMILES string of the molecule is O=C(O)CN1CCC(N2CCN(C(=O)[C@@H](Cc3cc(Br)c(O)c(Br)c3)OC(=O)N3CCC(N4CCc5ccccc5NC4=O)CC3)CC2)CC1. The Bertz CT molecular complexity index is 1550. The van der Waals surface area contributed by atoms with Crippen LogP contribution < -0.4 is 5.32 Å². The maximum Gasteiger partial charge on any atom is 0.410 e. The lowest BCUT2D eigenvalue weighted by Gasteiger charge is -2.43. The Morgan fingerprint density at radius 2 is 1.50 bits per heavy atom. The molecule has 3 saturated heterocycles. The zero-order valence-electron chi connectivity index (χ0n) is 27.9. The molecule has 4 heterocycles. The number of piperazine rings is 1. The fourth-order valence-corrected chi connectivity index (χ4v) is 8.85. The number of fused-ring (bicyclic) bond motifs is 1. The van der Waals surface area contributed by atoms with Crippen LogP contribution in [0.1, 0.15) is 36.8 Å². The van der Waals surface area contributed by atoms with Gasteiger partial charge in [-0.3, -0.25) is 19.4 Å². The average Bonchev–Trinajstić information content (AvgIpc) is 3.28. The summed E-state index contributed by atoms with van der Waals surface area (Å²) in [6, 6.07) is 11.5. The number of benzene rings is 2. The first-order valence-corrected chi connectivity index (χ1v) is 18.9. The van der Waals surface area contributed by atoms with Crippen molar-refractivity contribution in [3.8, 4) is 5.75 Å². The molecule has 15 heteroatoms. The molecule has 50 heavy (non-hydrogen) atoms. The summed E-state index contributed by atoms with van der Waals surface area (Å²) in [6.07, 6.45) is 2.25. The van der Waals surface area contributed by atoms with E-state index >= 15 is 0 Å². The minimum absolute atomic E-state index is 0.0156. The van der Waals surface area contributed by atoms with E-state index in [0.29, 0.717) is 79.2 Å². The van der Waals surface area contributed by atoms with Crippen LogP contribution in [0.15, 0.2) is 45.3 Å². The summed E-state index contributed by atoms with van der Waals surface area (Å²) in [7, 11) is 0. The van der Waals surface area contributed by atoms with Crippen molar-refractivity contribution in [2.24, 2.45) is 0 Å². The number of nitrogens with one attached hydrogen (secondary N) is 1. The Balaban J connectivity index is 1.06. The highest BCUT2D eigenvalue weighted by atomic mass is 79.9. The van der Waals surface area contributed by atoms with Gasteiger partial charge in [-0.15, -0.1) is 0 Å². The van der Waals surface area contributed by atoms with Gasteiger partial charge in [0.05, 0.1) is 15.5 Å². The molecule has 4 aliphatic rings. The van der Waals surface area contributed by atoms with Crippen LogP contribution in [0.5, 0.6) is 5.75 Å². The number of phenols is 1. The molecule has 13 nitrogen and oxygen atoms in total. The Hall–Kier alpha value is -3.40. The molecule has 0 aromatic heterocycles. The number of nitrogens with zero attached hydrogens (tertiary/aromatic N) is 5. The smallest absolute Gasteiger partial charge is 0.410 e. The first kappa shape index (κ1) is 36.4. The monoisotopic (exact) mass is 818 g/mol. The number of rotatable bonds is 8. The number of likely N-dealkylation sites (tertiary alicyclic amines) is 2. The van der Waals surface area contributed by atoms with Gasteiger partial charge in [-0.1, -0.05) is 18.2 Å². The highest BCUT2D eigenvalue weighted by molar-refractivity contribution is 9.11. The van der Waals surface area contributed by atoms with Crippen LogP contribution in [-0.2, 0) is 27.2 Å². The van der Waals surface area contributed by atoms with Crippen molar-refractivity contribution < 1.29 is 34.1 Å². The third-order valence-electron chi connectivity index (χ3n) is 10.4. The summed E-state index contributed by atoms with van der Waals surface area (Å²) >= 11 is 6.74. The molecule has 270 valence electrons. The fourth-order valence-electron chi connectivity index (χ4n) is 7.57. The Labute approximate surface area is 308 Å². The zero-order chi connectivity index (χ0) is 35.4. The first-order chi connectivity index (χ1) is 24.0. The molecule has 0 radical (unpaired) electrons. The van der Waals surface area contributed by atoms with Crippen molar-refractivity contribution in [3.63, 3.8) is 0 Å². The molecule has 2 aromatic carbocycles. The number of hydrogen-bond donors (Lipinski definition) is 3. The van der Waals surface area contributed by atoms with E-state index in [-0.39, 0.29) is 36.7 Å². The molecule has 1 atom stereocenters. The van der Waals surface area contributed by atoms with Crippen molar-refractivity contribution in [3.05, 3.63) is 56.5 Å². The van der Waals surface area contributed by atoms with Crippen LogP contribution in [0.3, 0.4) is 0 Å². The maximum atomic E-state index is 14.0. The van der Waals surface area contributed by atoms with E-state index in [1.807, 2.05) is 34.1 Å². The predicted molar refractivity (Wildman–Crippen MR) is 193 cm³/mol. The number of amides is 4. The zero-order valence-corrected chi connectivity index (χ0v) is 31.1. The van der Waals surface area contributed by atoms with Gasteiger partial charge in [-0.05, 0) is 93.3 Å². The van der Waals surface area contributed by atoms with Crippen molar-refractivity contribution in [2.45, 2.75) is 56.7 Å². The van der Waals surface area contributed by atoms with Gasteiger partial charge in [0.15, 0.2) is 6.10 Å². The van der Waals surface area contributed by atoms with Crippen LogP contribution in [-0.4, -0.2) is 142 Å². The molecule has 0 unspecified atom stereocenters. The fraction of sp³-hybridized carbons (Fsp3) is 0.543. The average molecular weight is 821 g/mol. The molecule has 4 amide bonds. The van der Waals surface area contributed by atoms with Gasteiger partial charge in [0.1, 0.15) is 5.75 Å². The summed E-state index contributed by atoms with van der Waals surface area (Å²) < 4.78 is 6.94. The molecule has 0 bridgehead atoms. The number of carbonyl (C=O) groups excluding carboxylic acids is 3. The highest BCUT2D eigenvalue weighted by Gasteiger charge is 2.36. The number of phenolic OH excluding ortho intramolecular Hbond substituents is 1. The summed E-state index contributed by atoms with van der Waals surface area (Å²) in [5, 5.41) is 22.4. The van der Waals surface area contributed by atoms with E-state index in [9.17, 15) is 24.3 Å². The number of carbonyl (C=O) groups is 4. The Kier molecular flexibility index (Phi) is 11.9. The maximum absolute atomic E-state index is 14.0. The number of carboxylic acid groups (broad SMARTS) is 1. The minimum Gasteiger partial charge on any atom is -0.506 e. The third-order valence-corrected chi connectivity index (χ3v) is 11.6. The summed E-state index contributed by atoms with van der Waals surface area (Å²) in [5.41, 5.74) is 2.66. The summed E-state index contributed by atoms with van der Waals surface area (Å²) in [5.74, 6) is -1.02. The number of aliphatic carboxylic acids is 1. The molecular weight excluding hydrogens is 776 g/mol. The molecule has 6 rings (SSSR count). The molecule has 0 saturated carbocycles. The molecule has 4 aliphatic heterocycles. The largest absolute Gasteiger partial charge is 0.506 e. The van der Waals surface area contributed by atoms with Crippen LogP contribution >= 0.6 is 31.9 Å². The van der Waals surface area contributed by atoms with Gasteiger partial charge in [0.25, 0.3) is 5.91 Å².